The minimum Gasteiger partial charge on any atom is -0.486 e. The fourth-order valence-electron chi connectivity index (χ4n) is 5.76. The van der Waals surface area contributed by atoms with Crippen molar-refractivity contribution in [3.63, 3.8) is 0 Å². The molecule has 0 spiro atoms. The van der Waals surface area contributed by atoms with E-state index in [1.165, 1.54) is 32.1 Å². The summed E-state index contributed by atoms with van der Waals surface area (Å²) in [4.78, 5) is 30.9. The lowest BCUT2D eigenvalue weighted by Crippen LogP contribution is -2.50. The van der Waals surface area contributed by atoms with Crippen molar-refractivity contribution in [1.82, 2.24) is 19.6 Å². The lowest BCUT2D eigenvalue weighted by Gasteiger charge is -2.39. The molecule has 208 valence electrons. The summed E-state index contributed by atoms with van der Waals surface area (Å²) < 4.78 is 8.20. The maximum absolute atomic E-state index is 13.7. The summed E-state index contributed by atoms with van der Waals surface area (Å²) in [5.74, 6) is 0.560. The minimum absolute atomic E-state index is 0.0124. The van der Waals surface area contributed by atoms with E-state index < -0.39 is 0 Å². The standard InChI is InChI=1S/C29H43N5O4/c1-19-15-34(21(3)18-35)29(37)23-12-9-13-24(30-28(36)25-14-20(2)31-33(25)5)27(23)38-26(19)17-32(4)16-22-10-7-6-8-11-22/h9,12-14,19,21-22,26,35H,6-8,10-11,15-18H2,1-5H3,(H,30,36)/t19-,21+,26+/m0/s1. The summed E-state index contributed by atoms with van der Waals surface area (Å²) >= 11 is 0. The Kier molecular flexibility index (Phi) is 9.10. The molecule has 2 N–H and O–H groups in total. The Balaban J connectivity index is 1.65. The summed E-state index contributed by atoms with van der Waals surface area (Å²) in [7, 11) is 3.87. The number of anilines is 1. The SMILES string of the molecule is Cc1cc(C(=O)Nc2cccc3c2O[C@H](CN(C)CC2CCCCC2)[C@@H](C)CN([C@H](C)CO)C3=O)n(C)n1. The van der Waals surface area contributed by atoms with Crippen LogP contribution < -0.4 is 10.1 Å². The first-order valence-electron chi connectivity index (χ1n) is 13.9. The van der Waals surface area contributed by atoms with Gasteiger partial charge in [-0.1, -0.05) is 32.3 Å². The number of likely N-dealkylation sites (N-methyl/N-ethyl adjacent to an activating group) is 1. The number of hydrogen-bond donors (Lipinski definition) is 2. The van der Waals surface area contributed by atoms with E-state index >= 15 is 0 Å². The second-order valence-electron chi connectivity index (χ2n) is 11.3. The van der Waals surface area contributed by atoms with Gasteiger partial charge in [0.15, 0.2) is 5.75 Å². The van der Waals surface area contributed by atoms with Gasteiger partial charge < -0.3 is 25.0 Å². The van der Waals surface area contributed by atoms with Gasteiger partial charge >= 0.3 is 0 Å². The Morgan fingerprint density at radius 2 is 2.00 bits per heavy atom. The van der Waals surface area contributed by atoms with Crippen molar-refractivity contribution in [1.29, 1.82) is 0 Å². The first kappa shape index (κ1) is 28.1. The van der Waals surface area contributed by atoms with Crippen LogP contribution in [0.3, 0.4) is 0 Å². The van der Waals surface area contributed by atoms with Gasteiger partial charge in [-0.3, -0.25) is 14.3 Å². The van der Waals surface area contributed by atoms with Crippen LogP contribution in [-0.2, 0) is 7.05 Å². The highest BCUT2D eigenvalue weighted by Gasteiger charge is 2.35. The monoisotopic (exact) mass is 525 g/mol. The second kappa shape index (κ2) is 12.3. The highest BCUT2D eigenvalue weighted by molar-refractivity contribution is 6.06. The highest BCUT2D eigenvalue weighted by Crippen LogP contribution is 2.35. The predicted octanol–water partition coefficient (Wildman–Crippen LogP) is 3.71. The number of amides is 2. The molecule has 1 aromatic heterocycles. The molecule has 1 saturated carbocycles. The Bertz CT molecular complexity index is 1130. The molecule has 3 atom stereocenters. The smallest absolute Gasteiger partial charge is 0.274 e. The number of carbonyl (C=O) groups excluding carboxylic acids is 2. The van der Waals surface area contributed by atoms with Gasteiger partial charge in [0.05, 0.1) is 29.6 Å². The molecular formula is C29H43N5O4. The van der Waals surface area contributed by atoms with Crippen molar-refractivity contribution in [2.24, 2.45) is 18.9 Å². The summed E-state index contributed by atoms with van der Waals surface area (Å²) in [6.07, 6.45) is 6.28. The van der Waals surface area contributed by atoms with Gasteiger partial charge in [0, 0.05) is 32.6 Å². The number of aliphatic hydroxyl groups excluding tert-OH is 1. The molecule has 9 heteroatoms. The zero-order chi connectivity index (χ0) is 27.4. The van der Waals surface area contributed by atoms with E-state index in [-0.39, 0.29) is 36.5 Å². The van der Waals surface area contributed by atoms with E-state index in [2.05, 4.69) is 29.3 Å². The lowest BCUT2D eigenvalue weighted by molar-refractivity contribution is 0.0332. The molecule has 38 heavy (non-hydrogen) atoms. The number of rotatable bonds is 8. The van der Waals surface area contributed by atoms with Gasteiger partial charge in [0.2, 0.25) is 0 Å². The van der Waals surface area contributed by atoms with Crippen molar-refractivity contribution in [2.75, 3.05) is 38.6 Å². The van der Waals surface area contributed by atoms with Gasteiger partial charge in [-0.25, -0.2) is 0 Å². The van der Waals surface area contributed by atoms with Crippen LogP contribution >= 0.6 is 0 Å². The average Bonchev–Trinajstić information content (AvgIpc) is 3.24. The number of aromatic nitrogens is 2. The van der Waals surface area contributed by atoms with E-state index in [9.17, 15) is 14.7 Å². The normalized spacial score (nSPS) is 21.4. The number of aliphatic hydroxyl groups is 1. The Labute approximate surface area is 226 Å². The zero-order valence-corrected chi connectivity index (χ0v) is 23.4. The van der Waals surface area contributed by atoms with Gasteiger partial charge in [0.1, 0.15) is 11.8 Å². The number of carbonyl (C=O) groups is 2. The predicted molar refractivity (Wildman–Crippen MR) is 148 cm³/mol. The van der Waals surface area contributed by atoms with Crippen LogP contribution in [0.15, 0.2) is 24.3 Å². The van der Waals surface area contributed by atoms with Crippen LogP contribution in [-0.4, -0.2) is 81.9 Å². The van der Waals surface area contributed by atoms with Crippen LogP contribution in [0.25, 0.3) is 0 Å². The van der Waals surface area contributed by atoms with Crippen molar-refractivity contribution in [3.8, 4) is 5.75 Å². The Morgan fingerprint density at radius 1 is 1.26 bits per heavy atom. The van der Waals surface area contributed by atoms with E-state index in [1.807, 2.05) is 13.8 Å². The number of benzene rings is 1. The molecule has 0 unspecified atom stereocenters. The number of ether oxygens (including phenoxy) is 1. The third kappa shape index (κ3) is 6.38. The highest BCUT2D eigenvalue weighted by atomic mass is 16.5. The molecule has 4 rings (SSSR count). The fourth-order valence-corrected chi connectivity index (χ4v) is 5.76. The molecule has 1 fully saturated rings. The van der Waals surface area contributed by atoms with E-state index in [4.69, 9.17) is 4.74 Å². The molecule has 2 amide bonds. The minimum atomic E-state index is -0.341. The third-order valence-corrected chi connectivity index (χ3v) is 7.96. The van der Waals surface area contributed by atoms with Gasteiger partial charge in [-0.05, 0) is 57.9 Å². The Morgan fingerprint density at radius 3 is 2.66 bits per heavy atom. The Hall–Kier alpha value is -2.91. The molecule has 0 radical (unpaired) electrons. The fraction of sp³-hybridized carbons (Fsp3) is 0.621. The van der Waals surface area contributed by atoms with Crippen molar-refractivity contribution < 1.29 is 19.4 Å². The molecule has 9 nitrogen and oxygen atoms in total. The van der Waals surface area contributed by atoms with E-state index in [1.54, 1.807) is 40.9 Å². The molecule has 0 saturated heterocycles. The van der Waals surface area contributed by atoms with Crippen molar-refractivity contribution in [3.05, 3.63) is 41.2 Å². The average molecular weight is 526 g/mol. The molecule has 2 heterocycles. The summed E-state index contributed by atoms with van der Waals surface area (Å²) in [5.41, 5.74) is 2.00. The number of aryl methyl sites for hydroxylation is 2. The van der Waals surface area contributed by atoms with Crippen LogP contribution in [0.1, 0.15) is 72.5 Å². The number of para-hydroxylation sites is 1. The van der Waals surface area contributed by atoms with Crippen LogP contribution in [0.4, 0.5) is 5.69 Å². The molecule has 1 aromatic carbocycles. The summed E-state index contributed by atoms with van der Waals surface area (Å²) in [6, 6.07) is 6.64. The molecule has 2 aromatic rings. The maximum Gasteiger partial charge on any atom is 0.274 e. The van der Waals surface area contributed by atoms with Crippen molar-refractivity contribution in [2.45, 2.75) is 65.0 Å². The summed E-state index contributed by atoms with van der Waals surface area (Å²) in [5, 5.41) is 17.2. The maximum atomic E-state index is 13.7. The third-order valence-electron chi connectivity index (χ3n) is 7.96. The topological polar surface area (TPSA) is 99.9 Å². The summed E-state index contributed by atoms with van der Waals surface area (Å²) in [6.45, 7) is 7.86. The lowest BCUT2D eigenvalue weighted by atomic mass is 9.89. The van der Waals surface area contributed by atoms with E-state index in [0.29, 0.717) is 41.7 Å². The largest absolute Gasteiger partial charge is 0.486 e. The van der Waals surface area contributed by atoms with E-state index in [0.717, 1.165) is 12.2 Å². The number of fused-ring (bicyclic) bond motifs is 1. The number of nitrogens with one attached hydrogen (secondary N) is 1. The molecule has 0 bridgehead atoms. The second-order valence-corrected chi connectivity index (χ2v) is 11.3. The molecular weight excluding hydrogens is 482 g/mol. The number of hydrogen-bond acceptors (Lipinski definition) is 6. The van der Waals surface area contributed by atoms with Crippen molar-refractivity contribution >= 4 is 17.5 Å². The number of nitrogens with zero attached hydrogens (tertiary/aromatic N) is 4. The van der Waals surface area contributed by atoms with Crippen LogP contribution in [0, 0.1) is 18.8 Å². The zero-order valence-electron chi connectivity index (χ0n) is 23.4. The van der Waals surface area contributed by atoms with Crippen LogP contribution in [0.2, 0.25) is 0 Å². The quantitative estimate of drug-likeness (QED) is 0.545. The molecule has 1 aliphatic heterocycles. The van der Waals surface area contributed by atoms with Gasteiger partial charge in [0.25, 0.3) is 11.8 Å². The first-order valence-corrected chi connectivity index (χ1v) is 13.9. The molecule has 1 aliphatic carbocycles. The van der Waals surface area contributed by atoms with Gasteiger partial charge in [-0.2, -0.15) is 5.10 Å². The van der Waals surface area contributed by atoms with Crippen LogP contribution in [0.5, 0.6) is 5.75 Å². The van der Waals surface area contributed by atoms with Gasteiger partial charge in [-0.15, -0.1) is 0 Å². The molecule has 2 aliphatic rings. The first-order chi connectivity index (χ1) is 18.2.